The van der Waals surface area contributed by atoms with Gasteiger partial charge >= 0.3 is 5.97 Å². The number of carbonyl (C=O) groups is 2. The Bertz CT molecular complexity index is 785. The molecule has 0 saturated carbocycles. The van der Waals surface area contributed by atoms with Crippen molar-refractivity contribution in [2.24, 2.45) is 0 Å². The number of halogens is 3. The number of esters is 1. The molecule has 0 bridgehead atoms. The van der Waals surface area contributed by atoms with Crippen molar-refractivity contribution in [2.45, 2.75) is 13.0 Å². The Kier molecular flexibility index (Phi) is 6.30. The van der Waals surface area contributed by atoms with E-state index in [9.17, 15) is 18.4 Å². The molecule has 2 aromatic rings. The Morgan fingerprint density at radius 1 is 1.20 bits per heavy atom. The number of ether oxygens (including phenoxy) is 2. The van der Waals surface area contributed by atoms with Crippen molar-refractivity contribution in [3.8, 4) is 5.75 Å². The van der Waals surface area contributed by atoms with Gasteiger partial charge in [0.25, 0.3) is 5.91 Å². The normalized spacial score (nSPS) is 11.5. The molecule has 1 N–H and O–H groups in total. The number of amides is 1. The molecule has 0 heterocycles. The third-order valence-electron chi connectivity index (χ3n) is 3.05. The van der Waals surface area contributed by atoms with Gasteiger partial charge in [0, 0.05) is 0 Å². The first-order chi connectivity index (χ1) is 11.9. The van der Waals surface area contributed by atoms with E-state index in [1.165, 1.54) is 31.2 Å². The van der Waals surface area contributed by atoms with Crippen molar-refractivity contribution in [3.63, 3.8) is 0 Å². The topological polar surface area (TPSA) is 64.6 Å². The van der Waals surface area contributed by atoms with Crippen molar-refractivity contribution in [2.75, 3.05) is 11.9 Å². The fourth-order valence-electron chi connectivity index (χ4n) is 1.81. The second kappa shape index (κ2) is 8.43. The lowest BCUT2D eigenvalue weighted by Gasteiger charge is -2.14. The van der Waals surface area contributed by atoms with Crippen molar-refractivity contribution in [3.05, 3.63) is 59.1 Å². The highest BCUT2D eigenvalue weighted by atomic mass is 35.5. The quantitative estimate of drug-likeness (QED) is 0.791. The van der Waals surface area contributed by atoms with Gasteiger partial charge in [0.2, 0.25) is 0 Å². The van der Waals surface area contributed by atoms with E-state index in [1.807, 2.05) is 0 Å². The molecule has 2 rings (SSSR count). The summed E-state index contributed by atoms with van der Waals surface area (Å²) >= 11 is 5.80. The first kappa shape index (κ1) is 18.7. The van der Waals surface area contributed by atoms with Crippen LogP contribution in [0.2, 0.25) is 5.02 Å². The molecule has 8 heteroatoms. The van der Waals surface area contributed by atoms with Crippen molar-refractivity contribution in [1.82, 2.24) is 0 Å². The minimum atomic E-state index is -1.15. The average Bonchev–Trinajstić information content (AvgIpc) is 2.56. The first-order valence-corrected chi connectivity index (χ1v) is 7.57. The summed E-state index contributed by atoms with van der Waals surface area (Å²) in [5.41, 5.74) is 0.179. The van der Waals surface area contributed by atoms with Gasteiger partial charge in [0.05, 0.1) is 10.7 Å². The summed E-state index contributed by atoms with van der Waals surface area (Å²) in [4.78, 5) is 23.7. The zero-order valence-corrected chi connectivity index (χ0v) is 13.8. The fraction of sp³-hybridized carbons (Fsp3) is 0.176. The Labute approximate surface area is 147 Å². The van der Waals surface area contributed by atoms with Crippen LogP contribution in [0.5, 0.6) is 5.75 Å². The molecule has 0 aromatic heterocycles. The van der Waals surface area contributed by atoms with Crippen molar-refractivity contribution < 1.29 is 27.8 Å². The Balaban J connectivity index is 1.85. The van der Waals surface area contributed by atoms with Crippen molar-refractivity contribution in [1.29, 1.82) is 0 Å². The number of benzene rings is 2. The molecule has 0 unspecified atom stereocenters. The maximum Gasteiger partial charge on any atom is 0.344 e. The van der Waals surface area contributed by atoms with Gasteiger partial charge in [-0.05, 0) is 37.3 Å². The van der Waals surface area contributed by atoms with Gasteiger partial charge in [0.1, 0.15) is 5.82 Å². The molecule has 1 amide bonds. The average molecular weight is 370 g/mol. The van der Waals surface area contributed by atoms with E-state index >= 15 is 0 Å². The summed E-state index contributed by atoms with van der Waals surface area (Å²) in [6.45, 7) is 0.781. The Morgan fingerprint density at radius 2 is 1.92 bits per heavy atom. The highest BCUT2D eigenvalue weighted by Gasteiger charge is 2.19. The lowest BCUT2D eigenvalue weighted by Crippen LogP contribution is -2.31. The third kappa shape index (κ3) is 5.42. The van der Waals surface area contributed by atoms with E-state index in [-0.39, 0.29) is 16.5 Å². The number of rotatable bonds is 6. The number of hydrogen-bond acceptors (Lipinski definition) is 4. The minimum Gasteiger partial charge on any atom is -0.479 e. The van der Waals surface area contributed by atoms with Gasteiger partial charge in [0.15, 0.2) is 24.3 Å². The zero-order valence-electron chi connectivity index (χ0n) is 13.1. The molecule has 25 heavy (non-hydrogen) atoms. The minimum absolute atomic E-state index is 0.00904. The lowest BCUT2D eigenvalue weighted by molar-refractivity contribution is -0.155. The number of hydrogen-bond donors (Lipinski definition) is 1. The molecule has 1 atom stereocenters. The molecule has 132 valence electrons. The van der Waals surface area contributed by atoms with Gasteiger partial charge in [-0.15, -0.1) is 0 Å². The van der Waals surface area contributed by atoms with Crippen LogP contribution in [0.1, 0.15) is 6.92 Å². The van der Waals surface area contributed by atoms with Gasteiger partial charge < -0.3 is 14.8 Å². The first-order valence-electron chi connectivity index (χ1n) is 7.19. The van der Waals surface area contributed by atoms with E-state index in [2.05, 4.69) is 5.32 Å². The second-order valence-corrected chi connectivity index (χ2v) is 5.37. The summed E-state index contributed by atoms with van der Waals surface area (Å²) in [5.74, 6) is -2.78. The van der Waals surface area contributed by atoms with E-state index < -0.39 is 36.2 Å². The number of anilines is 1. The van der Waals surface area contributed by atoms with Crippen molar-refractivity contribution >= 4 is 29.2 Å². The van der Waals surface area contributed by atoms with Crippen LogP contribution in [0.3, 0.4) is 0 Å². The van der Waals surface area contributed by atoms with Gasteiger partial charge in [-0.1, -0.05) is 23.7 Å². The molecule has 5 nitrogen and oxygen atoms in total. The molecule has 0 radical (unpaired) electrons. The highest BCUT2D eigenvalue weighted by Crippen LogP contribution is 2.22. The molecular formula is C17H14ClF2NO4. The Morgan fingerprint density at radius 3 is 2.60 bits per heavy atom. The van der Waals surface area contributed by atoms with Crippen LogP contribution >= 0.6 is 11.6 Å². The van der Waals surface area contributed by atoms with Crippen LogP contribution in [0.4, 0.5) is 14.5 Å². The molecule has 0 spiro atoms. The molecule has 0 fully saturated rings. The predicted octanol–water partition coefficient (Wildman–Crippen LogP) is 3.57. The number of para-hydroxylation sites is 1. The monoisotopic (exact) mass is 369 g/mol. The van der Waals surface area contributed by atoms with Crippen LogP contribution in [0.15, 0.2) is 42.5 Å². The second-order valence-electron chi connectivity index (χ2n) is 4.96. The van der Waals surface area contributed by atoms with E-state index in [0.717, 1.165) is 12.1 Å². The SMILES string of the molecule is C[C@@H](OC(=O)COc1ccccc1F)C(=O)Nc1ccc(F)cc1Cl. The number of carbonyl (C=O) groups excluding carboxylic acids is 2. The smallest absolute Gasteiger partial charge is 0.344 e. The zero-order chi connectivity index (χ0) is 18.4. The molecular weight excluding hydrogens is 356 g/mol. The molecule has 0 aliphatic carbocycles. The molecule has 0 saturated heterocycles. The lowest BCUT2D eigenvalue weighted by atomic mass is 10.3. The van der Waals surface area contributed by atoms with Gasteiger partial charge in [-0.25, -0.2) is 13.6 Å². The van der Waals surface area contributed by atoms with Crippen LogP contribution < -0.4 is 10.1 Å². The van der Waals surface area contributed by atoms with Crippen LogP contribution in [-0.2, 0) is 14.3 Å². The van der Waals surface area contributed by atoms with Crippen LogP contribution in [-0.4, -0.2) is 24.6 Å². The maximum absolute atomic E-state index is 13.4. The summed E-state index contributed by atoms with van der Waals surface area (Å²) in [6, 6.07) is 9.01. The van der Waals surface area contributed by atoms with E-state index in [1.54, 1.807) is 6.07 Å². The summed E-state index contributed by atoms with van der Waals surface area (Å²) in [5, 5.41) is 2.42. The van der Waals surface area contributed by atoms with E-state index in [0.29, 0.717) is 0 Å². The Hall–Kier alpha value is -2.67. The van der Waals surface area contributed by atoms with Crippen LogP contribution in [0.25, 0.3) is 0 Å². The summed E-state index contributed by atoms with van der Waals surface area (Å²) in [6.07, 6.45) is -1.15. The third-order valence-corrected chi connectivity index (χ3v) is 3.36. The summed E-state index contributed by atoms with van der Waals surface area (Å²) < 4.78 is 36.2. The van der Waals surface area contributed by atoms with Gasteiger partial charge in [-0.3, -0.25) is 4.79 Å². The van der Waals surface area contributed by atoms with Gasteiger partial charge in [-0.2, -0.15) is 0 Å². The number of nitrogens with one attached hydrogen (secondary N) is 1. The molecule has 2 aromatic carbocycles. The van der Waals surface area contributed by atoms with Crippen LogP contribution in [0, 0.1) is 11.6 Å². The van der Waals surface area contributed by atoms with E-state index in [4.69, 9.17) is 21.1 Å². The standard InChI is InChI=1S/C17H14ClF2NO4/c1-10(17(23)21-14-7-6-11(19)8-12(14)18)25-16(22)9-24-15-5-3-2-4-13(15)20/h2-8,10H,9H2,1H3,(H,21,23)/t10-/m1/s1. The fourth-order valence-corrected chi connectivity index (χ4v) is 2.02. The highest BCUT2D eigenvalue weighted by molar-refractivity contribution is 6.33. The predicted molar refractivity (Wildman–Crippen MR) is 87.5 cm³/mol. The molecule has 0 aliphatic rings. The maximum atomic E-state index is 13.4. The summed E-state index contributed by atoms with van der Waals surface area (Å²) in [7, 11) is 0. The molecule has 0 aliphatic heterocycles. The largest absolute Gasteiger partial charge is 0.479 e.